The van der Waals surface area contributed by atoms with Crippen molar-refractivity contribution >= 4 is 22.4 Å². The third-order valence-corrected chi connectivity index (χ3v) is 5.44. The van der Waals surface area contributed by atoms with E-state index in [1.807, 2.05) is 6.07 Å². The molecule has 2 aromatic carbocycles. The first-order chi connectivity index (χ1) is 15.3. The number of anilines is 1. The lowest BCUT2D eigenvalue weighted by Crippen LogP contribution is -2.46. The summed E-state index contributed by atoms with van der Waals surface area (Å²) in [6.07, 6.45) is -4.51. The minimum atomic E-state index is -4.51. The van der Waals surface area contributed by atoms with Crippen LogP contribution in [-0.2, 0) is 12.7 Å². The van der Waals surface area contributed by atoms with Gasteiger partial charge in [0.1, 0.15) is 5.82 Å². The summed E-state index contributed by atoms with van der Waals surface area (Å²) in [5, 5.41) is 11.4. The lowest BCUT2D eigenvalue weighted by molar-refractivity contribution is -0.137. The second-order valence-electron chi connectivity index (χ2n) is 7.48. The number of halogens is 3. The van der Waals surface area contributed by atoms with E-state index in [1.165, 1.54) is 6.07 Å². The topological polar surface area (TPSA) is 112 Å². The average Bonchev–Trinajstić information content (AvgIpc) is 2.78. The van der Waals surface area contributed by atoms with Crippen molar-refractivity contribution in [1.82, 2.24) is 14.9 Å². The number of amidine groups is 1. The zero-order valence-electron chi connectivity index (χ0n) is 16.9. The molecule has 8 nitrogen and oxygen atoms in total. The van der Waals surface area contributed by atoms with E-state index in [0.29, 0.717) is 49.5 Å². The Morgan fingerprint density at radius 2 is 1.84 bits per heavy atom. The van der Waals surface area contributed by atoms with Crippen LogP contribution in [0.2, 0.25) is 0 Å². The van der Waals surface area contributed by atoms with Crippen molar-refractivity contribution in [2.45, 2.75) is 12.7 Å². The highest BCUT2D eigenvalue weighted by Crippen LogP contribution is 2.34. The number of hydrogen-bond acceptors (Lipinski definition) is 6. The summed E-state index contributed by atoms with van der Waals surface area (Å²) in [5.74, 6) is 0.130. The van der Waals surface area contributed by atoms with Crippen LogP contribution in [0.3, 0.4) is 0 Å². The van der Waals surface area contributed by atoms with Crippen molar-refractivity contribution in [1.29, 1.82) is 10.9 Å². The van der Waals surface area contributed by atoms with E-state index >= 15 is 0 Å². The maximum absolute atomic E-state index is 13.2. The molecule has 0 radical (unpaired) electrons. The smallest absolute Gasteiger partial charge is 0.368 e. The van der Waals surface area contributed by atoms with Gasteiger partial charge in [0.15, 0.2) is 5.84 Å². The summed E-state index contributed by atoms with van der Waals surface area (Å²) in [4.78, 5) is 23.4. The number of benzene rings is 2. The van der Waals surface area contributed by atoms with E-state index in [0.717, 1.165) is 12.1 Å². The van der Waals surface area contributed by atoms with Gasteiger partial charge in [-0.3, -0.25) is 15.1 Å². The van der Waals surface area contributed by atoms with E-state index in [-0.39, 0.29) is 16.8 Å². The number of para-hydroxylation sites is 1. The van der Waals surface area contributed by atoms with Crippen molar-refractivity contribution in [3.8, 4) is 0 Å². The SMILES string of the molecule is N=NC(=N)c1ccc(C(F)(F)F)cc1N1CCN(Cc2nc3ccccc3c(=O)[nH]2)CC1. The molecule has 2 heterocycles. The number of fused-ring (bicyclic) bond motifs is 1. The molecular formula is C21H20F3N7O. The Morgan fingerprint density at radius 3 is 2.53 bits per heavy atom. The molecule has 0 amide bonds. The van der Waals surface area contributed by atoms with E-state index in [1.54, 1.807) is 23.1 Å². The van der Waals surface area contributed by atoms with E-state index < -0.39 is 17.6 Å². The Bertz CT molecular complexity index is 1230. The molecule has 3 N–H and O–H groups in total. The highest BCUT2D eigenvalue weighted by atomic mass is 19.4. The summed E-state index contributed by atoms with van der Waals surface area (Å²) in [5.41, 5.74) is 7.08. The highest BCUT2D eigenvalue weighted by molar-refractivity contribution is 6.02. The van der Waals surface area contributed by atoms with Crippen LogP contribution >= 0.6 is 0 Å². The third-order valence-electron chi connectivity index (χ3n) is 5.44. The zero-order chi connectivity index (χ0) is 22.9. The van der Waals surface area contributed by atoms with Crippen molar-refractivity contribution in [2.75, 3.05) is 31.1 Å². The van der Waals surface area contributed by atoms with Crippen LogP contribution in [0.4, 0.5) is 18.9 Å². The molecule has 4 rings (SSSR count). The number of rotatable bonds is 4. The number of aromatic amines is 1. The minimum absolute atomic E-state index is 0.182. The molecular weight excluding hydrogens is 423 g/mol. The van der Waals surface area contributed by atoms with Crippen LogP contribution in [0.5, 0.6) is 0 Å². The third kappa shape index (κ3) is 4.37. The lowest BCUT2D eigenvalue weighted by atomic mass is 10.1. The number of hydrogen-bond donors (Lipinski definition) is 3. The summed E-state index contributed by atoms with van der Waals surface area (Å²) < 4.78 is 39.7. The molecule has 0 saturated carbocycles. The molecule has 0 unspecified atom stereocenters. The van der Waals surface area contributed by atoms with Gasteiger partial charge in [-0.25, -0.2) is 10.5 Å². The maximum Gasteiger partial charge on any atom is 0.416 e. The number of aromatic nitrogens is 2. The number of nitrogens with zero attached hydrogens (tertiary/aromatic N) is 4. The van der Waals surface area contributed by atoms with E-state index in [4.69, 9.17) is 10.9 Å². The molecule has 1 aromatic heterocycles. The molecule has 1 aliphatic heterocycles. The van der Waals surface area contributed by atoms with Crippen LogP contribution in [-0.4, -0.2) is 46.9 Å². The fraction of sp³-hybridized carbons (Fsp3) is 0.286. The molecule has 11 heteroatoms. The van der Waals surface area contributed by atoms with Crippen LogP contribution in [0.1, 0.15) is 17.0 Å². The molecule has 3 aromatic rings. The summed E-state index contributed by atoms with van der Waals surface area (Å²) in [6.45, 7) is 2.28. The molecule has 1 fully saturated rings. The Morgan fingerprint density at radius 1 is 1.12 bits per heavy atom. The Kier molecular flexibility index (Phi) is 5.74. The summed E-state index contributed by atoms with van der Waals surface area (Å²) in [6, 6.07) is 10.2. The first kappa shape index (κ1) is 21.6. The minimum Gasteiger partial charge on any atom is -0.368 e. The van der Waals surface area contributed by atoms with E-state index in [2.05, 4.69) is 20.0 Å². The number of piperazine rings is 1. The quantitative estimate of drug-likeness (QED) is 0.325. The predicted molar refractivity (Wildman–Crippen MR) is 113 cm³/mol. The molecule has 166 valence electrons. The first-order valence-corrected chi connectivity index (χ1v) is 9.89. The number of nitrogens with one attached hydrogen (secondary N) is 3. The monoisotopic (exact) mass is 443 g/mol. The highest BCUT2D eigenvalue weighted by Gasteiger charge is 2.32. The predicted octanol–water partition coefficient (Wildman–Crippen LogP) is 3.62. The fourth-order valence-electron chi connectivity index (χ4n) is 3.80. The normalized spacial score (nSPS) is 15.2. The van der Waals surface area contributed by atoms with Gasteiger partial charge in [-0.05, 0) is 30.3 Å². The Labute approximate surface area is 180 Å². The van der Waals surface area contributed by atoms with Gasteiger partial charge in [0.25, 0.3) is 5.56 Å². The fourth-order valence-corrected chi connectivity index (χ4v) is 3.80. The first-order valence-electron chi connectivity index (χ1n) is 9.89. The standard InChI is InChI=1S/C21H20F3N7O/c22-21(23,24)13-5-6-15(19(25)29-26)17(11-13)31-9-7-30(8-10-31)12-18-27-16-4-2-1-3-14(16)20(32)28-18/h1-6,11,25-26H,7-10,12H2,(H,27,28,32). The van der Waals surface area contributed by atoms with Gasteiger partial charge >= 0.3 is 6.18 Å². The second-order valence-corrected chi connectivity index (χ2v) is 7.48. The molecule has 1 aliphatic rings. The van der Waals surface area contributed by atoms with Gasteiger partial charge in [0, 0.05) is 37.4 Å². The van der Waals surface area contributed by atoms with Gasteiger partial charge in [-0.1, -0.05) is 12.1 Å². The van der Waals surface area contributed by atoms with Crippen LogP contribution < -0.4 is 10.5 Å². The Balaban J connectivity index is 1.52. The second kappa shape index (κ2) is 8.50. The average molecular weight is 443 g/mol. The molecule has 0 aliphatic carbocycles. The number of H-pyrrole nitrogens is 1. The van der Waals surface area contributed by atoms with Crippen molar-refractivity contribution in [2.24, 2.45) is 5.11 Å². The Hall–Kier alpha value is -3.60. The molecule has 0 bridgehead atoms. The van der Waals surface area contributed by atoms with Gasteiger partial charge < -0.3 is 9.88 Å². The van der Waals surface area contributed by atoms with Crippen molar-refractivity contribution in [3.05, 3.63) is 69.8 Å². The molecule has 1 saturated heterocycles. The van der Waals surface area contributed by atoms with Crippen LogP contribution in [0.25, 0.3) is 10.9 Å². The molecule has 0 spiro atoms. The number of alkyl halides is 3. The molecule has 0 atom stereocenters. The van der Waals surface area contributed by atoms with Gasteiger partial charge in [0.05, 0.1) is 23.0 Å². The van der Waals surface area contributed by atoms with Gasteiger partial charge in [0.2, 0.25) is 0 Å². The molecule has 32 heavy (non-hydrogen) atoms. The lowest BCUT2D eigenvalue weighted by Gasteiger charge is -2.36. The van der Waals surface area contributed by atoms with Crippen LogP contribution in [0, 0.1) is 10.9 Å². The van der Waals surface area contributed by atoms with Gasteiger partial charge in [-0.2, -0.15) is 13.2 Å². The largest absolute Gasteiger partial charge is 0.416 e. The maximum atomic E-state index is 13.2. The zero-order valence-corrected chi connectivity index (χ0v) is 16.9. The van der Waals surface area contributed by atoms with E-state index in [9.17, 15) is 18.0 Å². The van der Waals surface area contributed by atoms with Crippen LogP contribution in [0.15, 0.2) is 52.4 Å². The summed E-state index contributed by atoms with van der Waals surface area (Å²) >= 11 is 0. The van der Waals surface area contributed by atoms with Crippen molar-refractivity contribution in [3.63, 3.8) is 0 Å². The van der Waals surface area contributed by atoms with Crippen molar-refractivity contribution < 1.29 is 13.2 Å². The summed E-state index contributed by atoms with van der Waals surface area (Å²) in [7, 11) is 0. The van der Waals surface area contributed by atoms with Gasteiger partial charge in [-0.15, -0.1) is 5.11 Å².